The van der Waals surface area contributed by atoms with Gasteiger partial charge in [0.1, 0.15) is 5.75 Å². The molecule has 2 aromatic carbocycles. The number of hydrogen-bond donors (Lipinski definition) is 1. The van der Waals surface area contributed by atoms with Crippen LogP contribution >= 0.6 is 0 Å². The van der Waals surface area contributed by atoms with Gasteiger partial charge in [-0.2, -0.15) is 0 Å². The molecule has 0 aliphatic carbocycles. The molecule has 0 bridgehead atoms. The predicted octanol–water partition coefficient (Wildman–Crippen LogP) is 3.53. The first-order valence-corrected chi connectivity index (χ1v) is 6.72. The number of rotatable bonds is 4. The van der Waals surface area contributed by atoms with Crippen molar-refractivity contribution in [2.75, 3.05) is 24.8 Å². The van der Waals surface area contributed by atoms with E-state index in [0.717, 1.165) is 23.5 Å². The zero-order chi connectivity index (χ0) is 14.7. The highest BCUT2D eigenvalue weighted by Crippen LogP contribution is 2.25. The SMILES string of the molecule is COc1ccc(N)c(CN(C)c2ccc(C)cc2C)c1. The molecule has 0 unspecified atom stereocenters. The van der Waals surface area contributed by atoms with E-state index in [1.54, 1.807) is 7.11 Å². The molecule has 3 heteroatoms. The molecule has 0 amide bonds. The van der Waals surface area contributed by atoms with Crippen LogP contribution in [0.5, 0.6) is 5.75 Å². The lowest BCUT2D eigenvalue weighted by Gasteiger charge is -2.23. The summed E-state index contributed by atoms with van der Waals surface area (Å²) in [7, 11) is 3.75. The lowest BCUT2D eigenvalue weighted by atomic mass is 10.1. The quantitative estimate of drug-likeness (QED) is 0.864. The number of anilines is 2. The maximum Gasteiger partial charge on any atom is 0.119 e. The fourth-order valence-corrected chi connectivity index (χ4v) is 2.42. The molecular formula is C17H22N2O. The minimum Gasteiger partial charge on any atom is -0.497 e. The van der Waals surface area contributed by atoms with Crippen molar-refractivity contribution in [3.63, 3.8) is 0 Å². The number of ether oxygens (including phenoxy) is 1. The Morgan fingerprint density at radius 3 is 2.50 bits per heavy atom. The van der Waals surface area contributed by atoms with E-state index in [1.165, 1.54) is 16.8 Å². The first kappa shape index (κ1) is 14.3. The number of aryl methyl sites for hydroxylation is 2. The summed E-state index contributed by atoms with van der Waals surface area (Å²) in [6.07, 6.45) is 0. The van der Waals surface area contributed by atoms with Crippen molar-refractivity contribution < 1.29 is 4.74 Å². The molecule has 0 radical (unpaired) electrons. The molecule has 0 spiro atoms. The van der Waals surface area contributed by atoms with E-state index in [4.69, 9.17) is 10.5 Å². The molecule has 2 aromatic rings. The van der Waals surface area contributed by atoms with Crippen molar-refractivity contribution >= 4 is 11.4 Å². The van der Waals surface area contributed by atoms with E-state index in [0.29, 0.717) is 0 Å². The molecule has 0 heterocycles. The van der Waals surface area contributed by atoms with E-state index < -0.39 is 0 Å². The number of benzene rings is 2. The van der Waals surface area contributed by atoms with Gasteiger partial charge in [0.05, 0.1) is 7.11 Å². The lowest BCUT2D eigenvalue weighted by Crippen LogP contribution is -2.18. The van der Waals surface area contributed by atoms with Gasteiger partial charge < -0.3 is 15.4 Å². The molecule has 106 valence electrons. The van der Waals surface area contributed by atoms with Crippen LogP contribution in [0.15, 0.2) is 36.4 Å². The summed E-state index contributed by atoms with van der Waals surface area (Å²) in [5, 5.41) is 0. The summed E-state index contributed by atoms with van der Waals surface area (Å²) in [5.41, 5.74) is 11.7. The molecule has 0 aliphatic rings. The van der Waals surface area contributed by atoms with Gasteiger partial charge in [0.25, 0.3) is 0 Å². The highest BCUT2D eigenvalue weighted by Gasteiger charge is 2.08. The van der Waals surface area contributed by atoms with Gasteiger partial charge in [0.15, 0.2) is 0 Å². The van der Waals surface area contributed by atoms with Crippen molar-refractivity contribution in [2.24, 2.45) is 0 Å². The second-order valence-electron chi connectivity index (χ2n) is 5.21. The number of nitrogens with two attached hydrogens (primary N) is 1. The molecule has 2 rings (SSSR count). The van der Waals surface area contributed by atoms with Gasteiger partial charge in [-0.3, -0.25) is 0 Å². The molecule has 0 atom stereocenters. The zero-order valence-corrected chi connectivity index (χ0v) is 12.6. The number of nitrogen functional groups attached to an aromatic ring is 1. The molecule has 0 fully saturated rings. The fourth-order valence-electron chi connectivity index (χ4n) is 2.42. The van der Waals surface area contributed by atoms with Gasteiger partial charge in [0.2, 0.25) is 0 Å². The van der Waals surface area contributed by atoms with Crippen molar-refractivity contribution in [1.82, 2.24) is 0 Å². The Morgan fingerprint density at radius 1 is 1.10 bits per heavy atom. The topological polar surface area (TPSA) is 38.5 Å². The third-order valence-electron chi connectivity index (χ3n) is 3.52. The third kappa shape index (κ3) is 3.05. The molecule has 0 saturated carbocycles. The molecule has 2 N–H and O–H groups in total. The average Bonchev–Trinajstić information content (AvgIpc) is 2.41. The van der Waals surface area contributed by atoms with Crippen LogP contribution in [0.1, 0.15) is 16.7 Å². The van der Waals surface area contributed by atoms with Gasteiger partial charge >= 0.3 is 0 Å². The number of hydrogen-bond acceptors (Lipinski definition) is 3. The Bertz CT molecular complexity index is 608. The van der Waals surface area contributed by atoms with Gasteiger partial charge in [0, 0.05) is 25.0 Å². The normalized spacial score (nSPS) is 10.4. The van der Waals surface area contributed by atoms with Crippen LogP contribution in [0.4, 0.5) is 11.4 Å². The van der Waals surface area contributed by atoms with Crippen LogP contribution in [-0.4, -0.2) is 14.2 Å². The molecule has 0 aromatic heterocycles. The summed E-state index contributed by atoms with van der Waals surface area (Å²) >= 11 is 0. The molecule has 20 heavy (non-hydrogen) atoms. The summed E-state index contributed by atoms with van der Waals surface area (Å²) in [5.74, 6) is 0.836. The minimum absolute atomic E-state index is 0.757. The highest BCUT2D eigenvalue weighted by atomic mass is 16.5. The summed E-state index contributed by atoms with van der Waals surface area (Å²) in [6, 6.07) is 12.3. The number of methoxy groups -OCH3 is 1. The summed E-state index contributed by atoms with van der Waals surface area (Å²) < 4.78 is 5.26. The zero-order valence-electron chi connectivity index (χ0n) is 12.6. The summed E-state index contributed by atoms with van der Waals surface area (Å²) in [6.45, 7) is 5.00. The van der Waals surface area contributed by atoms with Crippen LogP contribution in [0, 0.1) is 13.8 Å². The van der Waals surface area contributed by atoms with Crippen molar-refractivity contribution in [3.05, 3.63) is 53.1 Å². The smallest absolute Gasteiger partial charge is 0.119 e. The van der Waals surface area contributed by atoms with Gasteiger partial charge in [-0.1, -0.05) is 17.7 Å². The molecular weight excluding hydrogens is 248 g/mol. The van der Waals surface area contributed by atoms with E-state index in [9.17, 15) is 0 Å². The Morgan fingerprint density at radius 2 is 1.85 bits per heavy atom. The van der Waals surface area contributed by atoms with Crippen LogP contribution in [0.2, 0.25) is 0 Å². The van der Waals surface area contributed by atoms with E-state index in [2.05, 4.69) is 44.0 Å². The molecule has 0 aliphatic heterocycles. The maximum absolute atomic E-state index is 6.05. The Balaban J connectivity index is 2.25. The van der Waals surface area contributed by atoms with Crippen LogP contribution in [0.25, 0.3) is 0 Å². The second-order valence-corrected chi connectivity index (χ2v) is 5.21. The fraction of sp³-hybridized carbons (Fsp3) is 0.294. The summed E-state index contributed by atoms with van der Waals surface area (Å²) in [4.78, 5) is 2.21. The van der Waals surface area contributed by atoms with Gasteiger partial charge in [-0.15, -0.1) is 0 Å². The number of nitrogens with zero attached hydrogens (tertiary/aromatic N) is 1. The molecule has 0 saturated heterocycles. The van der Waals surface area contributed by atoms with Crippen molar-refractivity contribution in [1.29, 1.82) is 0 Å². The Labute approximate surface area is 121 Å². The van der Waals surface area contributed by atoms with Crippen LogP contribution in [-0.2, 0) is 6.54 Å². The highest BCUT2D eigenvalue weighted by molar-refractivity contribution is 5.57. The maximum atomic E-state index is 6.05. The first-order chi connectivity index (χ1) is 9.51. The van der Waals surface area contributed by atoms with Crippen LogP contribution < -0.4 is 15.4 Å². The lowest BCUT2D eigenvalue weighted by molar-refractivity contribution is 0.414. The van der Waals surface area contributed by atoms with E-state index in [1.807, 2.05) is 18.2 Å². The minimum atomic E-state index is 0.757. The molecule has 3 nitrogen and oxygen atoms in total. The van der Waals surface area contributed by atoms with Gasteiger partial charge in [-0.05, 0) is 49.2 Å². The first-order valence-electron chi connectivity index (χ1n) is 6.72. The third-order valence-corrected chi connectivity index (χ3v) is 3.52. The van der Waals surface area contributed by atoms with E-state index in [-0.39, 0.29) is 0 Å². The van der Waals surface area contributed by atoms with Crippen molar-refractivity contribution in [3.8, 4) is 5.75 Å². The average molecular weight is 270 g/mol. The van der Waals surface area contributed by atoms with Crippen LogP contribution in [0.3, 0.4) is 0 Å². The van der Waals surface area contributed by atoms with Crippen molar-refractivity contribution in [2.45, 2.75) is 20.4 Å². The standard InChI is InChI=1S/C17H22N2O/c1-12-5-8-17(13(2)9-12)19(3)11-14-10-15(20-4)6-7-16(14)18/h5-10H,11,18H2,1-4H3. The largest absolute Gasteiger partial charge is 0.497 e. The Kier molecular flexibility index (Phi) is 4.18. The predicted molar refractivity (Wildman–Crippen MR) is 85.4 cm³/mol. The second kappa shape index (κ2) is 5.87. The van der Waals surface area contributed by atoms with Gasteiger partial charge in [-0.25, -0.2) is 0 Å². The van der Waals surface area contributed by atoms with E-state index >= 15 is 0 Å². The Hall–Kier alpha value is -2.16. The monoisotopic (exact) mass is 270 g/mol.